The number of benzene rings is 1. The van der Waals surface area contributed by atoms with Crippen molar-refractivity contribution in [1.82, 2.24) is 5.32 Å². The summed E-state index contributed by atoms with van der Waals surface area (Å²) in [5.74, 6) is -0.840. The molecule has 1 aliphatic rings. The van der Waals surface area contributed by atoms with E-state index < -0.39 is 12.0 Å². The average molecular weight is 246 g/mol. The van der Waals surface area contributed by atoms with Gasteiger partial charge in [-0.15, -0.1) is 0 Å². The van der Waals surface area contributed by atoms with Gasteiger partial charge in [0.15, 0.2) is 0 Å². The summed E-state index contributed by atoms with van der Waals surface area (Å²) in [5, 5.41) is 20.5. The molecule has 2 rings (SSSR count). The second-order valence-electron chi connectivity index (χ2n) is 4.28. The molecule has 0 radical (unpaired) electrons. The van der Waals surface area contributed by atoms with Crippen LogP contribution in [-0.4, -0.2) is 29.8 Å². The molecular formula is C13H14N2O3. The molecule has 94 valence electrons. The van der Waals surface area contributed by atoms with E-state index in [4.69, 9.17) is 15.1 Å². The summed E-state index contributed by atoms with van der Waals surface area (Å²) in [4.78, 5) is 10.8. The fourth-order valence-electron chi connectivity index (χ4n) is 1.96. The van der Waals surface area contributed by atoms with Crippen LogP contribution >= 0.6 is 0 Å². The normalized spacial score (nSPS) is 22.6. The maximum Gasteiger partial charge on any atom is 0.320 e. The molecule has 0 bridgehead atoms. The summed E-state index contributed by atoms with van der Waals surface area (Å²) in [7, 11) is 0. The van der Waals surface area contributed by atoms with Gasteiger partial charge in [0.05, 0.1) is 24.3 Å². The molecule has 1 aromatic rings. The SMILES string of the molecule is N#Cc1cccc(COC2CNC(C(=O)O)C2)c1. The number of carboxylic acid groups (broad SMARTS) is 1. The first-order valence-corrected chi connectivity index (χ1v) is 5.76. The number of carbonyl (C=O) groups is 1. The number of hydrogen-bond acceptors (Lipinski definition) is 4. The van der Waals surface area contributed by atoms with Gasteiger partial charge in [0.1, 0.15) is 6.04 Å². The van der Waals surface area contributed by atoms with E-state index in [0.29, 0.717) is 25.1 Å². The van der Waals surface area contributed by atoms with Gasteiger partial charge in [0.25, 0.3) is 0 Å². The Balaban J connectivity index is 1.85. The van der Waals surface area contributed by atoms with Crippen LogP contribution in [0.4, 0.5) is 0 Å². The Kier molecular flexibility index (Phi) is 3.92. The quantitative estimate of drug-likeness (QED) is 0.824. The van der Waals surface area contributed by atoms with Crippen molar-refractivity contribution >= 4 is 5.97 Å². The van der Waals surface area contributed by atoms with Crippen LogP contribution < -0.4 is 5.32 Å². The van der Waals surface area contributed by atoms with Gasteiger partial charge in [0.2, 0.25) is 0 Å². The molecule has 0 saturated carbocycles. The van der Waals surface area contributed by atoms with Crippen molar-refractivity contribution < 1.29 is 14.6 Å². The third-order valence-electron chi connectivity index (χ3n) is 2.93. The van der Waals surface area contributed by atoms with E-state index in [0.717, 1.165) is 5.56 Å². The number of rotatable bonds is 4. The highest BCUT2D eigenvalue weighted by molar-refractivity contribution is 5.73. The number of hydrogen-bond donors (Lipinski definition) is 2. The van der Waals surface area contributed by atoms with Crippen LogP contribution in [0, 0.1) is 11.3 Å². The topological polar surface area (TPSA) is 82.3 Å². The Labute approximate surface area is 105 Å². The minimum Gasteiger partial charge on any atom is -0.480 e. The summed E-state index contributed by atoms with van der Waals surface area (Å²) in [6, 6.07) is 8.77. The molecule has 1 heterocycles. The summed E-state index contributed by atoms with van der Waals surface area (Å²) in [5.41, 5.74) is 1.52. The van der Waals surface area contributed by atoms with E-state index >= 15 is 0 Å². The van der Waals surface area contributed by atoms with Crippen molar-refractivity contribution in [2.45, 2.75) is 25.2 Å². The molecule has 1 fully saturated rings. The minimum atomic E-state index is -0.840. The highest BCUT2D eigenvalue weighted by Gasteiger charge is 2.29. The summed E-state index contributed by atoms with van der Waals surface area (Å²) < 4.78 is 5.63. The number of nitrogens with zero attached hydrogens (tertiary/aromatic N) is 1. The molecule has 5 heteroatoms. The first-order chi connectivity index (χ1) is 8.69. The predicted molar refractivity (Wildman–Crippen MR) is 63.8 cm³/mol. The van der Waals surface area contributed by atoms with Crippen molar-refractivity contribution in [1.29, 1.82) is 5.26 Å². The van der Waals surface area contributed by atoms with Gasteiger partial charge < -0.3 is 15.2 Å². The first-order valence-electron chi connectivity index (χ1n) is 5.76. The molecule has 2 N–H and O–H groups in total. The maximum absolute atomic E-state index is 10.8. The van der Waals surface area contributed by atoms with Crippen LogP contribution in [0.25, 0.3) is 0 Å². The van der Waals surface area contributed by atoms with Gasteiger partial charge in [-0.25, -0.2) is 0 Å². The van der Waals surface area contributed by atoms with E-state index in [9.17, 15) is 4.79 Å². The highest BCUT2D eigenvalue weighted by atomic mass is 16.5. The molecule has 0 amide bonds. The summed E-state index contributed by atoms with van der Waals surface area (Å²) in [6.45, 7) is 0.948. The van der Waals surface area contributed by atoms with Crippen LogP contribution in [0.15, 0.2) is 24.3 Å². The van der Waals surface area contributed by atoms with Crippen LogP contribution in [0.2, 0.25) is 0 Å². The Bertz CT molecular complexity index is 481. The average Bonchev–Trinajstić information content (AvgIpc) is 2.85. The predicted octanol–water partition coefficient (Wildman–Crippen LogP) is 0.890. The lowest BCUT2D eigenvalue weighted by atomic mass is 10.1. The van der Waals surface area contributed by atoms with E-state index in [1.165, 1.54) is 0 Å². The molecule has 2 atom stereocenters. The maximum atomic E-state index is 10.8. The fraction of sp³-hybridized carbons (Fsp3) is 0.385. The number of aliphatic carboxylic acids is 1. The lowest BCUT2D eigenvalue weighted by molar-refractivity contribution is -0.139. The molecule has 0 spiro atoms. The summed E-state index contributed by atoms with van der Waals surface area (Å²) >= 11 is 0. The van der Waals surface area contributed by atoms with Gasteiger partial charge in [-0.1, -0.05) is 12.1 Å². The Morgan fingerprint density at radius 1 is 1.61 bits per heavy atom. The van der Waals surface area contributed by atoms with Crippen molar-refractivity contribution in [3.05, 3.63) is 35.4 Å². The smallest absolute Gasteiger partial charge is 0.320 e. The lowest BCUT2D eigenvalue weighted by Crippen LogP contribution is -2.29. The molecule has 0 aromatic heterocycles. The molecule has 2 unspecified atom stereocenters. The molecule has 18 heavy (non-hydrogen) atoms. The molecule has 0 aliphatic carbocycles. The van der Waals surface area contributed by atoms with Gasteiger partial charge in [-0.05, 0) is 17.7 Å². The van der Waals surface area contributed by atoms with E-state index in [-0.39, 0.29) is 6.10 Å². The van der Waals surface area contributed by atoms with E-state index in [1.807, 2.05) is 12.1 Å². The fourth-order valence-corrected chi connectivity index (χ4v) is 1.96. The van der Waals surface area contributed by atoms with Crippen molar-refractivity contribution in [3.63, 3.8) is 0 Å². The number of nitriles is 1. The second kappa shape index (κ2) is 5.63. The molecule has 1 aliphatic heterocycles. The van der Waals surface area contributed by atoms with Gasteiger partial charge >= 0.3 is 5.97 Å². The van der Waals surface area contributed by atoms with Crippen molar-refractivity contribution in [2.24, 2.45) is 0 Å². The zero-order chi connectivity index (χ0) is 13.0. The Hall–Kier alpha value is -1.90. The first kappa shape index (κ1) is 12.6. The second-order valence-corrected chi connectivity index (χ2v) is 4.28. The molecule has 5 nitrogen and oxygen atoms in total. The standard InChI is InChI=1S/C13H14N2O3/c14-6-9-2-1-3-10(4-9)8-18-11-5-12(13(16)17)15-7-11/h1-4,11-12,15H,5,7-8H2,(H,16,17). The van der Waals surface area contributed by atoms with Crippen molar-refractivity contribution in [3.8, 4) is 6.07 Å². The highest BCUT2D eigenvalue weighted by Crippen LogP contribution is 2.13. The zero-order valence-electron chi connectivity index (χ0n) is 9.80. The number of carboxylic acids is 1. The van der Waals surface area contributed by atoms with Crippen molar-refractivity contribution in [2.75, 3.05) is 6.54 Å². The minimum absolute atomic E-state index is 0.0863. The van der Waals surface area contributed by atoms with Crippen LogP contribution in [0.5, 0.6) is 0 Å². The van der Waals surface area contributed by atoms with E-state index in [2.05, 4.69) is 11.4 Å². The molecular weight excluding hydrogens is 232 g/mol. The van der Waals surface area contributed by atoms with Crippen LogP contribution in [0.1, 0.15) is 17.5 Å². The van der Waals surface area contributed by atoms with Crippen LogP contribution in [-0.2, 0) is 16.1 Å². The Morgan fingerprint density at radius 3 is 3.11 bits per heavy atom. The monoisotopic (exact) mass is 246 g/mol. The molecule has 1 saturated heterocycles. The van der Waals surface area contributed by atoms with Gasteiger partial charge in [-0.3, -0.25) is 4.79 Å². The Morgan fingerprint density at radius 2 is 2.44 bits per heavy atom. The zero-order valence-corrected chi connectivity index (χ0v) is 9.80. The number of nitrogens with one attached hydrogen (secondary N) is 1. The van der Waals surface area contributed by atoms with Gasteiger partial charge in [0, 0.05) is 13.0 Å². The van der Waals surface area contributed by atoms with Crippen LogP contribution in [0.3, 0.4) is 0 Å². The molecule has 1 aromatic carbocycles. The number of ether oxygens (including phenoxy) is 1. The largest absolute Gasteiger partial charge is 0.480 e. The third kappa shape index (κ3) is 3.06. The third-order valence-corrected chi connectivity index (χ3v) is 2.93. The van der Waals surface area contributed by atoms with Gasteiger partial charge in [-0.2, -0.15) is 5.26 Å². The summed E-state index contributed by atoms with van der Waals surface area (Å²) in [6.07, 6.45) is 0.393. The lowest BCUT2D eigenvalue weighted by Gasteiger charge is -2.10. The van der Waals surface area contributed by atoms with E-state index in [1.54, 1.807) is 12.1 Å².